The minimum absolute atomic E-state index is 0.527. The molecule has 0 amide bonds. The Morgan fingerprint density at radius 3 is 2.61 bits per heavy atom. The molecule has 2 aromatic carbocycles. The summed E-state index contributed by atoms with van der Waals surface area (Å²) in [5.41, 5.74) is 2.27. The third-order valence-corrected chi connectivity index (χ3v) is 3.10. The van der Waals surface area contributed by atoms with Crippen LogP contribution in [0.5, 0.6) is 11.5 Å². The number of methoxy groups -OCH3 is 1. The number of aryl methyl sites for hydroxylation is 1. The number of hydrogen-bond acceptors (Lipinski definition) is 2. The van der Waals surface area contributed by atoms with Crippen LogP contribution in [0.25, 0.3) is 0 Å². The molecule has 2 rings (SSSR count). The second-order valence-corrected chi connectivity index (χ2v) is 4.99. The molecule has 0 aliphatic rings. The average molecular weight is 307 g/mol. The molecule has 18 heavy (non-hydrogen) atoms. The molecule has 0 spiro atoms. The van der Waals surface area contributed by atoms with Gasteiger partial charge in [-0.1, -0.05) is 34.1 Å². The molecule has 0 atom stereocenters. The van der Waals surface area contributed by atoms with Gasteiger partial charge in [-0.05, 0) is 42.3 Å². The fourth-order valence-electron chi connectivity index (χ4n) is 1.68. The van der Waals surface area contributed by atoms with Gasteiger partial charge in [0, 0.05) is 4.47 Å². The van der Waals surface area contributed by atoms with Crippen molar-refractivity contribution in [3.05, 3.63) is 58.1 Å². The fraction of sp³-hybridized carbons (Fsp3) is 0.200. The second-order valence-electron chi connectivity index (χ2n) is 4.07. The zero-order valence-corrected chi connectivity index (χ0v) is 12.0. The van der Waals surface area contributed by atoms with Gasteiger partial charge in [-0.25, -0.2) is 0 Å². The van der Waals surface area contributed by atoms with E-state index < -0.39 is 0 Å². The van der Waals surface area contributed by atoms with Gasteiger partial charge in [0.15, 0.2) is 11.5 Å². The van der Waals surface area contributed by atoms with Crippen LogP contribution in [0.1, 0.15) is 11.1 Å². The topological polar surface area (TPSA) is 18.5 Å². The lowest BCUT2D eigenvalue weighted by Crippen LogP contribution is -1.97. The molecule has 0 heterocycles. The monoisotopic (exact) mass is 306 g/mol. The third kappa shape index (κ3) is 3.26. The third-order valence-electron chi connectivity index (χ3n) is 2.60. The van der Waals surface area contributed by atoms with E-state index in [4.69, 9.17) is 9.47 Å². The zero-order chi connectivity index (χ0) is 13.0. The maximum absolute atomic E-state index is 5.78. The Morgan fingerprint density at radius 1 is 1.06 bits per heavy atom. The van der Waals surface area contributed by atoms with E-state index in [2.05, 4.69) is 15.9 Å². The van der Waals surface area contributed by atoms with E-state index in [1.165, 1.54) is 0 Å². The normalized spacial score (nSPS) is 10.2. The molecule has 0 radical (unpaired) electrons. The van der Waals surface area contributed by atoms with Crippen LogP contribution in [0.3, 0.4) is 0 Å². The van der Waals surface area contributed by atoms with E-state index in [1.807, 2.05) is 49.4 Å². The molecule has 0 saturated heterocycles. The van der Waals surface area contributed by atoms with Crippen LogP contribution in [-0.2, 0) is 6.61 Å². The molecule has 94 valence electrons. The first kappa shape index (κ1) is 13.0. The molecule has 0 unspecified atom stereocenters. The van der Waals surface area contributed by atoms with Crippen LogP contribution in [0.15, 0.2) is 46.9 Å². The summed E-state index contributed by atoms with van der Waals surface area (Å²) in [4.78, 5) is 0. The van der Waals surface area contributed by atoms with E-state index in [0.29, 0.717) is 6.61 Å². The van der Waals surface area contributed by atoms with Crippen molar-refractivity contribution in [3.8, 4) is 11.5 Å². The molecule has 0 saturated carbocycles. The molecule has 2 aromatic rings. The Labute approximate surface area is 116 Å². The highest BCUT2D eigenvalue weighted by atomic mass is 79.9. The predicted octanol–water partition coefficient (Wildman–Crippen LogP) is 4.35. The Bertz CT molecular complexity index is 538. The largest absolute Gasteiger partial charge is 0.493 e. The average Bonchev–Trinajstić information content (AvgIpc) is 2.37. The quantitative estimate of drug-likeness (QED) is 0.836. The Kier molecular flexibility index (Phi) is 4.26. The van der Waals surface area contributed by atoms with E-state index in [9.17, 15) is 0 Å². The SMILES string of the molecule is COc1cc(C)ccc1OCc1cccc(Br)c1. The van der Waals surface area contributed by atoms with Crippen molar-refractivity contribution in [2.75, 3.05) is 7.11 Å². The fourth-order valence-corrected chi connectivity index (χ4v) is 2.13. The summed E-state index contributed by atoms with van der Waals surface area (Å²) < 4.78 is 12.1. The van der Waals surface area contributed by atoms with Gasteiger partial charge in [0.1, 0.15) is 6.61 Å². The summed E-state index contributed by atoms with van der Waals surface area (Å²) in [7, 11) is 1.65. The maximum Gasteiger partial charge on any atom is 0.161 e. The number of hydrogen-bond donors (Lipinski definition) is 0. The summed E-state index contributed by atoms with van der Waals surface area (Å²) >= 11 is 3.45. The van der Waals surface area contributed by atoms with Crippen molar-refractivity contribution in [1.29, 1.82) is 0 Å². The van der Waals surface area contributed by atoms with E-state index in [-0.39, 0.29) is 0 Å². The minimum atomic E-state index is 0.527. The van der Waals surface area contributed by atoms with Crippen LogP contribution in [0, 0.1) is 6.92 Å². The van der Waals surface area contributed by atoms with Crippen LogP contribution >= 0.6 is 15.9 Å². The Balaban J connectivity index is 2.10. The Morgan fingerprint density at radius 2 is 1.89 bits per heavy atom. The van der Waals surface area contributed by atoms with Crippen LogP contribution in [0.4, 0.5) is 0 Å². The lowest BCUT2D eigenvalue weighted by Gasteiger charge is -2.11. The molecule has 0 aliphatic carbocycles. The van der Waals surface area contributed by atoms with Gasteiger partial charge in [0.2, 0.25) is 0 Å². The smallest absolute Gasteiger partial charge is 0.161 e. The Hall–Kier alpha value is -1.48. The standard InChI is InChI=1S/C15H15BrO2/c1-11-6-7-14(15(8-11)17-2)18-10-12-4-3-5-13(16)9-12/h3-9H,10H2,1-2H3. The molecule has 2 nitrogen and oxygen atoms in total. The highest BCUT2D eigenvalue weighted by Gasteiger charge is 2.04. The van der Waals surface area contributed by atoms with Crippen LogP contribution in [-0.4, -0.2) is 7.11 Å². The van der Waals surface area contributed by atoms with Gasteiger partial charge in [0.05, 0.1) is 7.11 Å². The summed E-state index contributed by atoms with van der Waals surface area (Å²) in [5.74, 6) is 1.54. The van der Waals surface area contributed by atoms with Crippen LogP contribution < -0.4 is 9.47 Å². The van der Waals surface area contributed by atoms with Crippen molar-refractivity contribution in [1.82, 2.24) is 0 Å². The predicted molar refractivity (Wildman–Crippen MR) is 76.2 cm³/mol. The first-order valence-corrected chi connectivity index (χ1v) is 6.50. The number of halogens is 1. The van der Waals surface area contributed by atoms with Crippen molar-refractivity contribution in [2.24, 2.45) is 0 Å². The van der Waals surface area contributed by atoms with E-state index in [0.717, 1.165) is 27.1 Å². The van der Waals surface area contributed by atoms with Crippen LogP contribution in [0.2, 0.25) is 0 Å². The van der Waals surface area contributed by atoms with Gasteiger partial charge < -0.3 is 9.47 Å². The van der Waals surface area contributed by atoms with Crippen molar-refractivity contribution < 1.29 is 9.47 Å². The maximum atomic E-state index is 5.78. The summed E-state index contributed by atoms with van der Waals surface area (Å²) in [6, 6.07) is 14.0. The second kappa shape index (κ2) is 5.91. The van der Waals surface area contributed by atoms with Gasteiger partial charge in [-0.3, -0.25) is 0 Å². The highest BCUT2D eigenvalue weighted by molar-refractivity contribution is 9.10. The number of rotatable bonds is 4. The van der Waals surface area contributed by atoms with E-state index >= 15 is 0 Å². The van der Waals surface area contributed by atoms with E-state index in [1.54, 1.807) is 7.11 Å². The molecular formula is C15H15BrO2. The highest BCUT2D eigenvalue weighted by Crippen LogP contribution is 2.28. The molecule has 0 bridgehead atoms. The van der Waals surface area contributed by atoms with Crippen molar-refractivity contribution >= 4 is 15.9 Å². The zero-order valence-electron chi connectivity index (χ0n) is 10.4. The van der Waals surface area contributed by atoms with Crippen molar-refractivity contribution in [3.63, 3.8) is 0 Å². The number of ether oxygens (including phenoxy) is 2. The number of benzene rings is 2. The van der Waals surface area contributed by atoms with Gasteiger partial charge >= 0.3 is 0 Å². The van der Waals surface area contributed by atoms with Gasteiger partial charge in [-0.2, -0.15) is 0 Å². The molecule has 0 N–H and O–H groups in total. The molecule has 0 aromatic heterocycles. The molecule has 3 heteroatoms. The molecule has 0 fully saturated rings. The summed E-state index contributed by atoms with van der Waals surface area (Å²) in [6.45, 7) is 2.56. The van der Waals surface area contributed by atoms with Gasteiger partial charge in [0.25, 0.3) is 0 Å². The van der Waals surface area contributed by atoms with Crippen molar-refractivity contribution in [2.45, 2.75) is 13.5 Å². The first-order chi connectivity index (χ1) is 8.69. The minimum Gasteiger partial charge on any atom is -0.493 e. The van der Waals surface area contributed by atoms with Gasteiger partial charge in [-0.15, -0.1) is 0 Å². The first-order valence-electron chi connectivity index (χ1n) is 5.71. The summed E-state index contributed by atoms with van der Waals surface area (Å²) in [6.07, 6.45) is 0. The summed E-state index contributed by atoms with van der Waals surface area (Å²) in [5, 5.41) is 0. The lowest BCUT2D eigenvalue weighted by molar-refractivity contribution is 0.284. The molecule has 0 aliphatic heterocycles. The lowest BCUT2D eigenvalue weighted by atomic mass is 10.2. The molecular weight excluding hydrogens is 292 g/mol.